The summed E-state index contributed by atoms with van der Waals surface area (Å²) in [6, 6.07) is 1.42. The minimum absolute atomic E-state index is 0.352. The molecule has 17 heavy (non-hydrogen) atoms. The second-order valence-corrected chi connectivity index (χ2v) is 6.15. The van der Waals surface area contributed by atoms with Gasteiger partial charge in [-0.25, -0.2) is 0 Å². The molecule has 3 rings (SSSR count). The molecule has 2 heterocycles. The number of ketones is 1. The highest BCUT2D eigenvalue weighted by Crippen LogP contribution is 2.28. The highest BCUT2D eigenvalue weighted by atomic mass is 16.1. The molecule has 0 N–H and O–H groups in total. The van der Waals surface area contributed by atoms with Crippen LogP contribution in [0.1, 0.15) is 39.0 Å². The molecule has 0 amide bonds. The van der Waals surface area contributed by atoms with E-state index in [-0.39, 0.29) is 0 Å². The van der Waals surface area contributed by atoms with Crippen molar-refractivity contribution in [2.24, 2.45) is 5.92 Å². The van der Waals surface area contributed by atoms with Crippen LogP contribution in [-0.2, 0) is 4.79 Å². The maximum Gasteiger partial charge on any atom is 0.137 e. The number of fused-ring (bicyclic) bond motifs is 1. The summed E-state index contributed by atoms with van der Waals surface area (Å²) in [5.41, 5.74) is 0. The van der Waals surface area contributed by atoms with E-state index in [0.717, 1.165) is 31.8 Å². The molecule has 2 saturated heterocycles. The van der Waals surface area contributed by atoms with Gasteiger partial charge in [-0.05, 0) is 39.2 Å². The van der Waals surface area contributed by atoms with Crippen molar-refractivity contribution in [1.82, 2.24) is 9.80 Å². The third-order valence-corrected chi connectivity index (χ3v) is 4.95. The van der Waals surface area contributed by atoms with E-state index < -0.39 is 0 Å². The SMILES string of the molecule is CC1CN2CCCC2CN1CC1CCCC1=O. The Morgan fingerprint density at radius 3 is 2.88 bits per heavy atom. The molecular formula is C14H24N2O. The zero-order valence-electron chi connectivity index (χ0n) is 10.9. The summed E-state index contributed by atoms with van der Waals surface area (Å²) in [6.45, 7) is 7.07. The van der Waals surface area contributed by atoms with E-state index in [1.54, 1.807) is 0 Å². The average molecular weight is 236 g/mol. The summed E-state index contributed by atoms with van der Waals surface area (Å²) in [6.07, 6.45) is 5.83. The van der Waals surface area contributed by atoms with Gasteiger partial charge in [-0.2, -0.15) is 0 Å². The maximum absolute atomic E-state index is 11.7. The third-order valence-electron chi connectivity index (χ3n) is 4.95. The van der Waals surface area contributed by atoms with Gasteiger partial charge in [-0.1, -0.05) is 0 Å². The first-order valence-electron chi connectivity index (χ1n) is 7.25. The molecule has 3 aliphatic rings. The van der Waals surface area contributed by atoms with E-state index in [1.165, 1.54) is 32.5 Å². The van der Waals surface area contributed by atoms with E-state index in [9.17, 15) is 4.79 Å². The Labute approximate surface area is 104 Å². The van der Waals surface area contributed by atoms with Crippen LogP contribution >= 0.6 is 0 Å². The number of rotatable bonds is 2. The lowest BCUT2D eigenvalue weighted by Crippen LogP contribution is -2.56. The lowest BCUT2D eigenvalue weighted by Gasteiger charge is -2.43. The third kappa shape index (κ3) is 2.27. The Morgan fingerprint density at radius 1 is 1.24 bits per heavy atom. The zero-order valence-corrected chi connectivity index (χ0v) is 10.9. The van der Waals surface area contributed by atoms with Gasteiger partial charge in [0, 0.05) is 44.1 Å². The highest BCUT2D eigenvalue weighted by Gasteiger charge is 2.36. The second kappa shape index (κ2) is 4.69. The van der Waals surface area contributed by atoms with Crippen molar-refractivity contribution in [2.75, 3.05) is 26.2 Å². The molecule has 1 saturated carbocycles. The van der Waals surface area contributed by atoms with Gasteiger partial charge in [0.25, 0.3) is 0 Å². The molecule has 0 spiro atoms. The first-order valence-corrected chi connectivity index (χ1v) is 7.25. The minimum atomic E-state index is 0.352. The number of hydrogen-bond acceptors (Lipinski definition) is 3. The van der Waals surface area contributed by atoms with E-state index in [4.69, 9.17) is 0 Å². The summed E-state index contributed by atoms with van der Waals surface area (Å²) < 4.78 is 0. The lowest BCUT2D eigenvalue weighted by molar-refractivity contribution is -0.121. The predicted octanol–water partition coefficient (Wildman–Crippen LogP) is 1.52. The van der Waals surface area contributed by atoms with Gasteiger partial charge in [0.1, 0.15) is 5.78 Å². The van der Waals surface area contributed by atoms with Gasteiger partial charge in [-0.15, -0.1) is 0 Å². The number of nitrogens with zero attached hydrogens (tertiary/aromatic N) is 2. The summed E-state index contributed by atoms with van der Waals surface area (Å²) in [7, 11) is 0. The molecule has 1 aliphatic carbocycles. The van der Waals surface area contributed by atoms with Gasteiger partial charge in [0.15, 0.2) is 0 Å². The Hall–Kier alpha value is -0.410. The number of carbonyl (C=O) groups excluding carboxylic acids is 1. The van der Waals surface area contributed by atoms with Crippen LogP contribution in [0.15, 0.2) is 0 Å². The highest BCUT2D eigenvalue weighted by molar-refractivity contribution is 5.83. The number of Topliss-reactive ketones (excluding diaryl/α,β-unsaturated/α-hetero) is 1. The topological polar surface area (TPSA) is 23.6 Å². The summed E-state index contributed by atoms with van der Waals surface area (Å²) in [4.78, 5) is 17.0. The Kier molecular flexibility index (Phi) is 3.22. The fourth-order valence-corrected chi connectivity index (χ4v) is 3.87. The molecule has 3 heteroatoms. The van der Waals surface area contributed by atoms with E-state index in [1.807, 2.05) is 0 Å². The molecule has 0 aromatic heterocycles. The lowest BCUT2D eigenvalue weighted by atomic mass is 10.0. The molecule has 2 aliphatic heterocycles. The maximum atomic E-state index is 11.7. The summed E-state index contributed by atoms with van der Waals surface area (Å²) in [5, 5.41) is 0. The Bertz CT molecular complexity index is 305. The first-order chi connectivity index (χ1) is 8.24. The first kappa shape index (κ1) is 11.7. The molecule has 3 atom stereocenters. The molecule has 0 aromatic rings. The molecule has 3 nitrogen and oxygen atoms in total. The quantitative estimate of drug-likeness (QED) is 0.726. The number of hydrogen-bond donors (Lipinski definition) is 0. The number of piperazine rings is 1. The van der Waals surface area contributed by atoms with Crippen molar-refractivity contribution in [2.45, 2.75) is 51.1 Å². The zero-order chi connectivity index (χ0) is 11.8. The van der Waals surface area contributed by atoms with Crippen molar-refractivity contribution in [1.29, 1.82) is 0 Å². The molecule has 3 unspecified atom stereocenters. The molecular weight excluding hydrogens is 212 g/mol. The smallest absolute Gasteiger partial charge is 0.137 e. The van der Waals surface area contributed by atoms with Crippen molar-refractivity contribution in [3.05, 3.63) is 0 Å². The average Bonchev–Trinajstić information content (AvgIpc) is 2.89. The van der Waals surface area contributed by atoms with Crippen molar-refractivity contribution >= 4 is 5.78 Å². The summed E-state index contributed by atoms with van der Waals surface area (Å²) >= 11 is 0. The normalized spacial score (nSPS) is 39.8. The van der Waals surface area contributed by atoms with Gasteiger partial charge in [0.05, 0.1) is 0 Å². The standard InChI is InChI=1S/C14H24N2O/c1-11-8-15-7-3-5-13(15)10-16(11)9-12-4-2-6-14(12)17/h11-13H,2-10H2,1H3. The van der Waals surface area contributed by atoms with Crippen LogP contribution in [0, 0.1) is 5.92 Å². The van der Waals surface area contributed by atoms with Gasteiger partial charge in [0.2, 0.25) is 0 Å². The Balaban J connectivity index is 1.60. The summed E-state index contributed by atoms with van der Waals surface area (Å²) in [5.74, 6) is 0.872. The fraction of sp³-hybridized carbons (Fsp3) is 0.929. The number of carbonyl (C=O) groups is 1. The van der Waals surface area contributed by atoms with Gasteiger partial charge >= 0.3 is 0 Å². The van der Waals surface area contributed by atoms with Gasteiger partial charge < -0.3 is 0 Å². The van der Waals surface area contributed by atoms with Crippen LogP contribution < -0.4 is 0 Å². The van der Waals surface area contributed by atoms with Crippen LogP contribution in [0.2, 0.25) is 0 Å². The minimum Gasteiger partial charge on any atom is -0.299 e. The van der Waals surface area contributed by atoms with Crippen LogP contribution in [0.3, 0.4) is 0 Å². The van der Waals surface area contributed by atoms with Gasteiger partial charge in [-0.3, -0.25) is 14.6 Å². The molecule has 0 aromatic carbocycles. The van der Waals surface area contributed by atoms with Crippen molar-refractivity contribution in [3.8, 4) is 0 Å². The van der Waals surface area contributed by atoms with E-state index in [2.05, 4.69) is 16.7 Å². The Morgan fingerprint density at radius 2 is 2.12 bits per heavy atom. The van der Waals surface area contributed by atoms with Crippen LogP contribution in [0.25, 0.3) is 0 Å². The molecule has 0 bridgehead atoms. The molecule has 3 fully saturated rings. The van der Waals surface area contributed by atoms with E-state index in [0.29, 0.717) is 17.7 Å². The predicted molar refractivity (Wildman–Crippen MR) is 68.0 cm³/mol. The van der Waals surface area contributed by atoms with Crippen LogP contribution in [0.5, 0.6) is 0 Å². The second-order valence-electron chi connectivity index (χ2n) is 6.15. The molecule has 96 valence electrons. The van der Waals surface area contributed by atoms with Crippen LogP contribution in [-0.4, -0.2) is 53.8 Å². The monoisotopic (exact) mass is 236 g/mol. The van der Waals surface area contributed by atoms with Crippen molar-refractivity contribution in [3.63, 3.8) is 0 Å². The van der Waals surface area contributed by atoms with Crippen molar-refractivity contribution < 1.29 is 4.79 Å². The van der Waals surface area contributed by atoms with E-state index >= 15 is 0 Å². The fourth-order valence-electron chi connectivity index (χ4n) is 3.87. The van der Waals surface area contributed by atoms with Crippen LogP contribution in [0.4, 0.5) is 0 Å². The molecule has 0 radical (unpaired) electrons. The largest absolute Gasteiger partial charge is 0.299 e.